The highest BCUT2D eigenvalue weighted by Gasteiger charge is 2.35. The van der Waals surface area contributed by atoms with Crippen LogP contribution in [0.15, 0.2) is 12.3 Å². The summed E-state index contributed by atoms with van der Waals surface area (Å²) in [4.78, 5) is 38.2. The predicted molar refractivity (Wildman–Crippen MR) is 99.0 cm³/mol. The average molecular weight is 395 g/mol. The molecule has 10 nitrogen and oxygen atoms in total. The molecule has 1 aliphatic rings. The Bertz CT molecular complexity index is 910. The van der Waals surface area contributed by atoms with Gasteiger partial charge in [-0.05, 0) is 20.8 Å². The predicted octanol–water partition coefficient (Wildman–Crippen LogP) is 2.64. The highest BCUT2D eigenvalue weighted by molar-refractivity contribution is 6.32. The number of pyridine rings is 1. The fraction of sp³-hybridized carbons (Fsp3) is 0.500. The van der Waals surface area contributed by atoms with E-state index in [1.807, 2.05) is 25.7 Å². The zero-order chi connectivity index (χ0) is 19.9. The van der Waals surface area contributed by atoms with Gasteiger partial charge in [-0.25, -0.2) is 19.7 Å². The molecule has 0 aromatic carbocycles. The van der Waals surface area contributed by atoms with Crippen LogP contribution < -0.4 is 4.90 Å². The summed E-state index contributed by atoms with van der Waals surface area (Å²) >= 11 is 6.18. The maximum Gasteiger partial charge on any atom is 0.410 e. The van der Waals surface area contributed by atoms with E-state index in [1.165, 1.54) is 11.0 Å². The monoisotopic (exact) mass is 394 g/mol. The van der Waals surface area contributed by atoms with Crippen LogP contribution in [0, 0.1) is 10.1 Å². The van der Waals surface area contributed by atoms with Gasteiger partial charge in [-0.15, -0.1) is 0 Å². The van der Waals surface area contributed by atoms with E-state index in [0.29, 0.717) is 18.9 Å². The summed E-state index contributed by atoms with van der Waals surface area (Å²) in [5.41, 5.74) is -0.0114. The number of hydrogen-bond donors (Lipinski definition) is 0. The number of carbonyl (C=O) groups excluding carboxylic acids is 1. The first kappa shape index (κ1) is 19.0. The summed E-state index contributed by atoms with van der Waals surface area (Å²) in [7, 11) is 1.69. The van der Waals surface area contributed by atoms with Crippen molar-refractivity contribution in [1.82, 2.24) is 19.9 Å². The molecule has 0 N–H and O–H groups in total. The summed E-state index contributed by atoms with van der Waals surface area (Å²) in [6.07, 6.45) is 0.454. The van der Waals surface area contributed by atoms with Crippen molar-refractivity contribution in [1.29, 1.82) is 0 Å². The third kappa shape index (κ3) is 3.85. The second-order valence-corrected chi connectivity index (χ2v) is 7.63. The van der Waals surface area contributed by atoms with Gasteiger partial charge in [0.05, 0.1) is 18.0 Å². The second kappa shape index (κ2) is 6.76. The number of ether oxygens (including phenoxy) is 1. The van der Waals surface area contributed by atoms with Crippen LogP contribution in [0.3, 0.4) is 0 Å². The minimum Gasteiger partial charge on any atom is -0.442 e. The lowest BCUT2D eigenvalue weighted by Gasteiger charge is -2.41. The summed E-state index contributed by atoms with van der Waals surface area (Å²) in [5, 5.41) is 10.9. The standard InChI is InChI=1S/C16H19ClN6O4/c1-16(2,3)21(4)15(24)27-10-7-22(8-10)14-12(17)19-11-5-9(23(25)26)6-18-13(11)20-14/h5-6,10H,7-8H2,1-4H3. The van der Waals surface area contributed by atoms with Crippen LogP contribution in [-0.4, -0.2) is 62.6 Å². The van der Waals surface area contributed by atoms with E-state index in [-0.39, 0.29) is 33.6 Å². The number of amides is 1. The van der Waals surface area contributed by atoms with Crippen LogP contribution in [0.1, 0.15) is 20.8 Å². The highest BCUT2D eigenvalue weighted by Crippen LogP contribution is 2.29. The molecule has 1 aliphatic heterocycles. The van der Waals surface area contributed by atoms with Gasteiger partial charge in [0.2, 0.25) is 0 Å². The van der Waals surface area contributed by atoms with Gasteiger partial charge in [-0.1, -0.05) is 11.6 Å². The van der Waals surface area contributed by atoms with E-state index in [9.17, 15) is 14.9 Å². The van der Waals surface area contributed by atoms with Crippen LogP contribution in [0.5, 0.6) is 0 Å². The third-order valence-corrected chi connectivity index (χ3v) is 4.61. The van der Waals surface area contributed by atoms with E-state index in [1.54, 1.807) is 7.05 Å². The minimum atomic E-state index is -0.557. The number of halogens is 1. The number of nitrogens with zero attached hydrogens (tertiary/aromatic N) is 6. The van der Waals surface area contributed by atoms with Gasteiger partial charge in [0.1, 0.15) is 17.8 Å². The summed E-state index contributed by atoms with van der Waals surface area (Å²) in [6, 6.07) is 1.27. The molecular weight excluding hydrogens is 376 g/mol. The van der Waals surface area contributed by atoms with Crippen LogP contribution in [0.2, 0.25) is 5.15 Å². The van der Waals surface area contributed by atoms with Crippen molar-refractivity contribution in [3.63, 3.8) is 0 Å². The van der Waals surface area contributed by atoms with Gasteiger partial charge >= 0.3 is 6.09 Å². The van der Waals surface area contributed by atoms with E-state index in [2.05, 4.69) is 15.0 Å². The van der Waals surface area contributed by atoms with E-state index < -0.39 is 11.0 Å². The Morgan fingerprint density at radius 2 is 2.07 bits per heavy atom. The van der Waals surface area contributed by atoms with Crippen LogP contribution in [0.25, 0.3) is 11.2 Å². The number of fused-ring (bicyclic) bond motifs is 1. The molecule has 0 aliphatic carbocycles. The van der Waals surface area contributed by atoms with Crippen molar-refractivity contribution in [2.75, 3.05) is 25.0 Å². The Morgan fingerprint density at radius 3 is 2.67 bits per heavy atom. The maximum absolute atomic E-state index is 12.1. The smallest absolute Gasteiger partial charge is 0.410 e. The fourth-order valence-electron chi connectivity index (χ4n) is 2.39. The summed E-state index contributed by atoms with van der Waals surface area (Å²) in [6.45, 7) is 6.61. The molecule has 144 valence electrons. The van der Waals surface area contributed by atoms with Gasteiger partial charge in [0.15, 0.2) is 16.6 Å². The van der Waals surface area contributed by atoms with Crippen molar-refractivity contribution in [3.8, 4) is 0 Å². The molecular formula is C16H19ClN6O4. The molecule has 0 spiro atoms. The number of hydrogen-bond acceptors (Lipinski definition) is 8. The lowest BCUT2D eigenvalue weighted by Crippen LogP contribution is -2.55. The first-order valence-electron chi connectivity index (χ1n) is 8.23. The molecule has 0 unspecified atom stereocenters. The van der Waals surface area contributed by atoms with E-state index in [0.717, 1.165) is 6.20 Å². The zero-order valence-corrected chi connectivity index (χ0v) is 16.1. The highest BCUT2D eigenvalue weighted by atomic mass is 35.5. The van der Waals surface area contributed by atoms with Crippen molar-refractivity contribution < 1.29 is 14.5 Å². The first-order chi connectivity index (χ1) is 12.6. The largest absolute Gasteiger partial charge is 0.442 e. The zero-order valence-electron chi connectivity index (χ0n) is 15.3. The quantitative estimate of drug-likeness (QED) is 0.576. The van der Waals surface area contributed by atoms with Crippen LogP contribution in [-0.2, 0) is 4.74 Å². The number of nitro groups is 1. The molecule has 2 aromatic rings. The lowest BCUT2D eigenvalue weighted by molar-refractivity contribution is -0.385. The number of aromatic nitrogens is 3. The van der Waals surface area contributed by atoms with Gasteiger partial charge in [-0.2, -0.15) is 0 Å². The molecule has 0 bridgehead atoms. The Hall–Kier alpha value is -2.75. The Kier molecular flexibility index (Phi) is 4.77. The normalized spacial score (nSPS) is 14.8. The molecule has 11 heteroatoms. The average Bonchev–Trinajstić information content (AvgIpc) is 2.55. The van der Waals surface area contributed by atoms with Gasteiger partial charge < -0.3 is 14.5 Å². The topological polar surface area (TPSA) is 115 Å². The molecule has 1 fully saturated rings. The molecule has 3 heterocycles. The SMILES string of the molecule is CN(C(=O)OC1CN(c2nc3ncc([N+](=O)[O-])cc3nc2Cl)C1)C(C)(C)C. The van der Waals surface area contributed by atoms with Crippen molar-refractivity contribution >= 4 is 40.4 Å². The molecule has 0 radical (unpaired) electrons. The lowest BCUT2D eigenvalue weighted by atomic mass is 10.1. The molecule has 2 aromatic heterocycles. The fourth-order valence-corrected chi connectivity index (χ4v) is 2.64. The van der Waals surface area contributed by atoms with Gasteiger partial charge in [0, 0.05) is 18.7 Å². The molecule has 3 rings (SSSR count). The Morgan fingerprint density at radius 1 is 1.41 bits per heavy atom. The molecule has 1 amide bonds. The molecule has 0 atom stereocenters. The number of carbonyl (C=O) groups is 1. The Labute approximate surface area is 160 Å². The van der Waals surface area contributed by atoms with E-state index >= 15 is 0 Å². The van der Waals surface area contributed by atoms with Crippen molar-refractivity contribution in [3.05, 3.63) is 27.5 Å². The molecule has 0 saturated carbocycles. The molecule has 1 saturated heterocycles. The first-order valence-corrected chi connectivity index (χ1v) is 8.61. The minimum absolute atomic E-state index is 0.112. The van der Waals surface area contributed by atoms with Crippen molar-refractivity contribution in [2.24, 2.45) is 0 Å². The second-order valence-electron chi connectivity index (χ2n) is 7.27. The van der Waals surface area contributed by atoms with Crippen LogP contribution in [0.4, 0.5) is 16.3 Å². The number of anilines is 1. The molecule has 27 heavy (non-hydrogen) atoms. The van der Waals surface area contributed by atoms with E-state index in [4.69, 9.17) is 16.3 Å². The summed E-state index contributed by atoms with van der Waals surface area (Å²) in [5.74, 6) is 0.405. The van der Waals surface area contributed by atoms with Gasteiger partial charge in [-0.3, -0.25) is 10.1 Å². The van der Waals surface area contributed by atoms with Gasteiger partial charge in [0.25, 0.3) is 5.69 Å². The summed E-state index contributed by atoms with van der Waals surface area (Å²) < 4.78 is 5.46. The Balaban J connectivity index is 1.69. The number of rotatable bonds is 3. The van der Waals surface area contributed by atoms with Crippen molar-refractivity contribution in [2.45, 2.75) is 32.4 Å². The van der Waals surface area contributed by atoms with Crippen LogP contribution >= 0.6 is 11.6 Å². The maximum atomic E-state index is 12.1. The third-order valence-electron chi connectivity index (χ3n) is 4.35.